The summed E-state index contributed by atoms with van der Waals surface area (Å²) in [7, 11) is 0. The molecule has 17 heavy (non-hydrogen) atoms. The van der Waals surface area contributed by atoms with Crippen molar-refractivity contribution in [2.24, 2.45) is 5.73 Å². The number of nitrogens with zero attached hydrogens (tertiary/aromatic N) is 2. The Hall–Kier alpha value is -1.65. The molecule has 0 saturated carbocycles. The summed E-state index contributed by atoms with van der Waals surface area (Å²) in [5, 5.41) is 1.01. The van der Waals surface area contributed by atoms with Crippen LogP contribution < -0.4 is 5.73 Å². The van der Waals surface area contributed by atoms with E-state index in [1.54, 1.807) is 11.3 Å². The zero-order valence-electron chi connectivity index (χ0n) is 9.34. The minimum absolute atomic E-state index is 0.662. The number of thiazole rings is 1. The number of hydrogen-bond acceptors (Lipinski definition) is 3. The van der Waals surface area contributed by atoms with Crippen LogP contribution in [-0.4, -0.2) is 16.1 Å². The van der Waals surface area contributed by atoms with Gasteiger partial charge in [0.05, 0.1) is 10.2 Å². The summed E-state index contributed by atoms with van der Waals surface area (Å²) in [4.78, 5) is 4.64. The van der Waals surface area contributed by atoms with E-state index in [0.717, 1.165) is 17.1 Å². The quantitative estimate of drug-likeness (QED) is 0.768. The highest BCUT2D eigenvalue weighted by Gasteiger charge is 2.07. The lowest BCUT2D eigenvalue weighted by Gasteiger charge is -2.03. The molecule has 4 heteroatoms. The molecule has 0 spiro atoms. The monoisotopic (exact) mass is 243 g/mol. The Morgan fingerprint density at radius 3 is 2.88 bits per heavy atom. The van der Waals surface area contributed by atoms with E-state index in [1.165, 1.54) is 10.4 Å². The molecule has 2 heterocycles. The molecule has 1 aromatic carbocycles. The first-order valence-electron chi connectivity index (χ1n) is 5.61. The SMILES string of the molecule is NCCc1cccn1-c1nc2ccccc2s1. The average Bonchev–Trinajstić information content (AvgIpc) is 2.94. The van der Waals surface area contributed by atoms with Gasteiger partial charge in [0.15, 0.2) is 5.13 Å². The van der Waals surface area contributed by atoms with Crippen LogP contribution in [-0.2, 0) is 6.42 Å². The third-order valence-electron chi connectivity index (χ3n) is 2.72. The number of nitrogens with two attached hydrogens (primary N) is 1. The molecule has 0 amide bonds. The van der Waals surface area contributed by atoms with Crippen molar-refractivity contribution in [1.29, 1.82) is 0 Å². The number of fused-ring (bicyclic) bond motifs is 1. The maximum absolute atomic E-state index is 5.61. The van der Waals surface area contributed by atoms with Crippen LogP contribution in [0.25, 0.3) is 15.3 Å². The fourth-order valence-corrected chi connectivity index (χ4v) is 2.90. The molecule has 3 aromatic rings. The molecule has 0 saturated heterocycles. The van der Waals surface area contributed by atoms with Crippen molar-refractivity contribution in [1.82, 2.24) is 9.55 Å². The molecule has 3 rings (SSSR count). The molecule has 0 aliphatic carbocycles. The number of rotatable bonds is 3. The van der Waals surface area contributed by atoms with Crippen molar-refractivity contribution in [3.63, 3.8) is 0 Å². The predicted octanol–water partition coefficient (Wildman–Crippen LogP) is 2.59. The first-order valence-corrected chi connectivity index (χ1v) is 6.42. The van der Waals surface area contributed by atoms with Crippen molar-refractivity contribution in [2.75, 3.05) is 6.54 Å². The number of para-hydroxylation sites is 1. The molecule has 3 nitrogen and oxygen atoms in total. The van der Waals surface area contributed by atoms with Gasteiger partial charge in [-0.1, -0.05) is 23.5 Å². The van der Waals surface area contributed by atoms with Crippen LogP contribution in [0.3, 0.4) is 0 Å². The highest BCUT2D eigenvalue weighted by molar-refractivity contribution is 7.20. The Morgan fingerprint density at radius 1 is 1.18 bits per heavy atom. The number of aromatic nitrogens is 2. The molecule has 0 aliphatic rings. The van der Waals surface area contributed by atoms with Crippen molar-refractivity contribution >= 4 is 21.6 Å². The molecule has 86 valence electrons. The van der Waals surface area contributed by atoms with Crippen molar-refractivity contribution in [3.05, 3.63) is 48.3 Å². The zero-order chi connectivity index (χ0) is 11.7. The summed E-state index contributed by atoms with van der Waals surface area (Å²) in [6, 6.07) is 12.3. The summed E-state index contributed by atoms with van der Waals surface area (Å²) >= 11 is 1.71. The van der Waals surface area contributed by atoms with E-state index in [9.17, 15) is 0 Å². The van der Waals surface area contributed by atoms with E-state index in [2.05, 4.69) is 21.7 Å². The van der Waals surface area contributed by atoms with Crippen molar-refractivity contribution in [2.45, 2.75) is 6.42 Å². The maximum Gasteiger partial charge on any atom is 0.194 e. The van der Waals surface area contributed by atoms with Gasteiger partial charge in [0, 0.05) is 18.3 Å². The Balaban J connectivity index is 2.10. The number of hydrogen-bond donors (Lipinski definition) is 1. The van der Waals surface area contributed by atoms with Gasteiger partial charge in [0.25, 0.3) is 0 Å². The van der Waals surface area contributed by atoms with E-state index < -0.39 is 0 Å². The van der Waals surface area contributed by atoms with Crippen LogP contribution in [0.15, 0.2) is 42.6 Å². The summed E-state index contributed by atoms with van der Waals surface area (Å²) < 4.78 is 3.34. The summed E-state index contributed by atoms with van der Waals surface area (Å²) in [6.45, 7) is 0.662. The second kappa shape index (κ2) is 4.31. The summed E-state index contributed by atoms with van der Waals surface area (Å²) in [5.74, 6) is 0. The Labute approximate surface area is 104 Å². The lowest BCUT2D eigenvalue weighted by atomic mass is 10.3. The van der Waals surface area contributed by atoms with Crippen LogP contribution in [0.2, 0.25) is 0 Å². The van der Waals surface area contributed by atoms with Gasteiger partial charge in [-0.2, -0.15) is 0 Å². The summed E-state index contributed by atoms with van der Waals surface area (Å²) in [5.41, 5.74) is 7.88. The molecule has 0 fully saturated rings. The molecule has 2 aromatic heterocycles. The minimum Gasteiger partial charge on any atom is -0.330 e. The molecule has 0 unspecified atom stereocenters. The van der Waals surface area contributed by atoms with E-state index in [1.807, 2.05) is 30.5 Å². The third kappa shape index (κ3) is 1.85. The first-order chi connectivity index (χ1) is 8.38. The number of benzene rings is 1. The maximum atomic E-state index is 5.61. The standard InChI is InChI=1S/C13H13N3S/c14-8-7-10-4-3-9-16(10)13-15-11-5-1-2-6-12(11)17-13/h1-6,9H,7-8,14H2. The van der Waals surface area contributed by atoms with Gasteiger partial charge in [0.2, 0.25) is 0 Å². The largest absolute Gasteiger partial charge is 0.330 e. The highest BCUT2D eigenvalue weighted by Crippen LogP contribution is 2.25. The molecule has 0 bridgehead atoms. The van der Waals surface area contributed by atoms with Crippen LogP contribution >= 0.6 is 11.3 Å². The van der Waals surface area contributed by atoms with E-state index in [-0.39, 0.29) is 0 Å². The van der Waals surface area contributed by atoms with Gasteiger partial charge in [-0.3, -0.25) is 4.57 Å². The van der Waals surface area contributed by atoms with Gasteiger partial charge in [-0.15, -0.1) is 0 Å². The molecule has 0 atom stereocenters. The fourth-order valence-electron chi connectivity index (χ4n) is 1.92. The Kier molecular flexibility index (Phi) is 2.66. The van der Waals surface area contributed by atoms with E-state index in [4.69, 9.17) is 5.73 Å². The van der Waals surface area contributed by atoms with Gasteiger partial charge in [-0.05, 0) is 30.8 Å². The molecule has 2 N–H and O–H groups in total. The van der Waals surface area contributed by atoms with Crippen LogP contribution in [0.5, 0.6) is 0 Å². The highest BCUT2D eigenvalue weighted by atomic mass is 32.1. The van der Waals surface area contributed by atoms with E-state index in [0.29, 0.717) is 6.54 Å². The Bertz CT molecular complexity index is 606. The Morgan fingerprint density at radius 2 is 2.06 bits per heavy atom. The first kappa shape index (κ1) is 10.5. The van der Waals surface area contributed by atoms with Gasteiger partial charge in [0.1, 0.15) is 0 Å². The van der Waals surface area contributed by atoms with Crippen LogP contribution in [0, 0.1) is 0 Å². The zero-order valence-corrected chi connectivity index (χ0v) is 10.2. The second-order valence-electron chi connectivity index (χ2n) is 3.87. The topological polar surface area (TPSA) is 43.8 Å². The molecular formula is C13H13N3S. The van der Waals surface area contributed by atoms with Gasteiger partial charge in [-0.25, -0.2) is 4.98 Å². The van der Waals surface area contributed by atoms with Crippen molar-refractivity contribution in [3.8, 4) is 5.13 Å². The van der Waals surface area contributed by atoms with Crippen LogP contribution in [0.1, 0.15) is 5.69 Å². The van der Waals surface area contributed by atoms with Crippen LogP contribution in [0.4, 0.5) is 0 Å². The average molecular weight is 243 g/mol. The lowest BCUT2D eigenvalue weighted by molar-refractivity contribution is 0.871. The summed E-state index contributed by atoms with van der Waals surface area (Å²) in [6.07, 6.45) is 2.92. The van der Waals surface area contributed by atoms with Gasteiger partial charge >= 0.3 is 0 Å². The van der Waals surface area contributed by atoms with Gasteiger partial charge < -0.3 is 5.73 Å². The molecule has 0 radical (unpaired) electrons. The molecular weight excluding hydrogens is 230 g/mol. The lowest BCUT2D eigenvalue weighted by Crippen LogP contribution is -2.07. The third-order valence-corrected chi connectivity index (χ3v) is 3.76. The fraction of sp³-hybridized carbons (Fsp3) is 0.154. The normalized spacial score (nSPS) is 11.1. The van der Waals surface area contributed by atoms with E-state index >= 15 is 0 Å². The smallest absolute Gasteiger partial charge is 0.194 e. The minimum atomic E-state index is 0.662. The van der Waals surface area contributed by atoms with Crippen molar-refractivity contribution < 1.29 is 0 Å². The molecule has 0 aliphatic heterocycles. The predicted molar refractivity (Wildman–Crippen MR) is 71.7 cm³/mol. The second-order valence-corrected chi connectivity index (χ2v) is 4.88.